The molecule has 0 amide bonds. The molecule has 130 valence electrons. The Morgan fingerprint density at radius 2 is 1.68 bits per heavy atom. The number of aryl methyl sites for hydroxylation is 2. The summed E-state index contributed by atoms with van der Waals surface area (Å²) in [6.07, 6.45) is 3.78. The number of hydrogen-bond acceptors (Lipinski definition) is 3. The van der Waals surface area contributed by atoms with Crippen molar-refractivity contribution in [2.45, 2.75) is 37.6 Å². The molecule has 0 bridgehead atoms. The van der Waals surface area contributed by atoms with E-state index in [-0.39, 0.29) is 17.1 Å². The predicted octanol–water partition coefficient (Wildman–Crippen LogP) is 3.78. The number of ketones is 1. The zero-order valence-electron chi connectivity index (χ0n) is 14.3. The van der Waals surface area contributed by atoms with Gasteiger partial charge in [0, 0.05) is 12.6 Å². The lowest BCUT2D eigenvalue weighted by molar-refractivity contribution is -0.115. The van der Waals surface area contributed by atoms with Crippen molar-refractivity contribution in [2.75, 3.05) is 0 Å². The molecule has 0 N–H and O–H groups in total. The molecule has 25 heavy (non-hydrogen) atoms. The van der Waals surface area contributed by atoms with Crippen molar-refractivity contribution >= 4 is 15.8 Å². The van der Waals surface area contributed by atoms with E-state index in [4.69, 9.17) is 0 Å². The third kappa shape index (κ3) is 3.51. The molecule has 5 heteroatoms. The number of sulfonamides is 1. The van der Waals surface area contributed by atoms with Crippen molar-refractivity contribution in [1.29, 1.82) is 0 Å². The van der Waals surface area contributed by atoms with Gasteiger partial charge in [0.1, 0.15) is 0 Å². The van der Waals surface area contributed by atoms with Gasteiger partial charge in [0.15, 0.2) is 5.78 Å². The molecule has 1 aliphatic heterocycles. The monoisotopic (exact) mass is 355 g/mol. The van der Waals surface area contributed by atoms with Gasteiger partial charge >= 0.3 is 0 Å². The fraction of sp³-hybridized carbons (Fsp3) is 0.250. The first-order chi connectivity index (χ1) is 11.9. The van der Waals surface area contributed by atoms with Crippen molar-refractivity contribution < 1.29 is 13.2 Å². The molecule has 0 fully saturated rings. The van der Waals surface area contributed by atoms with E-state index < -0.39 is 16.1 Å². The van der Waals surface area contributed by atoms with Gasteiger partial charge < -0.3 is 0 Å². The summed E-state index contributed by atoms with van der Waals surface area (Å²) < 4.78 is 27.5. The van der Waals surface area contributed by atoms with E-state index in [2.05, 4.69) is 6.92 Å². The summed E-state index contributed by atoms with van der Waals surface area (Å²) in [5.74, 6) is -0.0695. The van der Waals surface area contributed by atoms with Crippen molar-refractivity contribution in [1.82, 2.24) is 4.31 Å². The highest BCUT2D eigenvalue weighted by atomic mass is 32.2. The first kappa shape index (κ1) is 17.4. The lowest BCUT2D eigenvalue weighted by atomic mass is 9.98. The van der Waals surface area contributed by atoms with Crippen LogP contribution in [0.3, 0.4) is 0 Å². The zero-order chi connectivity index (χ0) is 18.0. The normalized spacial score (nSPS) is 17.8. The highest BCUT2D eigenvalue weighted by Crippen LogP contribution is 2.33. The van der Waals surface area contributed by atoms with Crippen molar-refractivity contribution in [3.63, 3.8) is 0 Å². The van der Waals surface area contributed by atoms with Gasteiger partial charge in [0.25, 0.3) is 10.0 Å². The zero-order valence-corrected chi connectivity index (χ0v) is 15.2. The molecule has 4 nitrogen and oxygen atoms in total. The molecule has 0 radical (unpaired) electrons. The topological polar surface area (TPSA) is 54.5 Å². The molecule has 2 aromatic carbocycles. The van der Waals surface area contributed by atoms with E-state index in [1.54, 1.807) is 24.3 Å². The van der Waals surface area contributed by atoms with Crippen molar-refractivity contribution in [3.8, 4) is 0 Å². The lowest BCUT2D eigenvalue weighted by Crippen LogP contribution is -2.34. The largest absolute Gasteiger partial charge is 0.295 e. The average molecular weight is 355 g/mol. The van der Waals surface area contributed by atoms with Gasteiger partial charge in [0.2, 0.25) is 0 Å². The van der Waals surface area contributed by atoms with Gasteiger partial charge in [0.05, 0.1) is 10.9 Å². The van der Waals surface area contributed by atoms with Crippen molar-refractivity contribution in [3.05, 3.63) is 77.5 Å². The number of benzene rings is 2. The summed E-state index contributed by atoms with van der Waals surface area (Å²) in [7, 11) is -3.72. The molecule has 1 unspecified atom stereocenters. The van der Waals surface area contributed by atoms with Gasteiger partial charge in [-0.05, 0) is 42.7 Å². The van der Waals surface area contributed by atoms with Crippen LogP contribution in [-0.2, 0) is 21.2 Å². The van der Waals surface area contributed by atoms with Gasteiger partial charge in [-0.25, -0.2) is 8.42 Å². The summed E-state index contributed by atoms with van der Waals surface area (Å²) in [5.41, 5.74) is 3.00. The minimum absolute atomic E-state index is 0.0695. The molecule has 3 rings (SSSR count). The fourth-order valence-electron chi connectivity index (χ4n) is 2.93. The lowest BCUT2D eigenvalue weighted by Gasteiger charge is -2.32. The molecular formula is C20H21NO3S. The molecular weight excluding hydrogens is 334 g/mol. The van der Waals surface area contributed by atoms with E-state index in [0.717, 1.165) is 17.5 Å². The Hall–Kier alpha value is -2.40. The van der Waals surface area contributed by atoms with Crippen LogP contribution < -0.4 is 0 Å². The maximum Gasteiger partial charge on any atom is 0.264 e. The molecule has 2 aromatic rings. The van der Waals surface area contributed by atoms with Crippen LogP contribution in [-0.4, -0.2) is 18.5 Å². The van der Waals surface area contributed by atoms with Gasteiger partial charge in [-0.15, -0.1) is 0 Å². The summed E-state index contributed by atoms with van der Waals surface area (Å²) in [4.78, 5) is 12.1. The Bertz CT molecular complexity index is 897. The third-order valence-corrected chi connectivity index (χ3v) is 6.28. The van der Waals surface area contributed by atoms with Crippen molar-refractivity contribution in [2.24, 2.45) is 0 Å². The Labute approximate surface area is 148 Å². The van der Waals surface area contributed by atoms with E-state index in [0.29, 0.717) is 0 Å². The van der Waals surface area contributed by atoms with Gasteiger partial charge in [-0.3, -0.25) is 9.10 Å². The maximum absolute atomic E-state index is 13.1. The molecule has 0 spiro atoms. The first-order valence-corrected chi connectivity index (χ1v) is 9.76. The third-order valence-electron chi connectivity index (χ3n) is 4.48. The molecule has 1 aliphatic rings. The molecule has 1 atom stereocenters. The molecule has 0 saturated heterocycles. The molecule has 1 heterocycles. The average Bonchev–Trinajstić information content (AvgIpc) is 2.62. The van der Waals surface area contributed by atoms with Crippen LogP contribution in [0.25, 0.3) is 0 Å². The summed E-state index contributed by atoms with van der Waals surface area (Å²) in [5, 5.41) is 0. The highest BCUT2D eigenvalue weighted by Gasteiger charge is 2.33. The van der Waals surface area contributed by atoms with E-state index in [1.807, 2.05) is 31.2 Å². The summed E-state index contributed by atoms with van der Waals surface area (Å²) >= 11 is 0. The van der Waals surface area contributed by atoms with E-state index >= 15 is 0 Å². The van der Waals surface area contributed by atoms with Crippen LogP contribution in [0.2, 0.25) is 0 Å². The number of carbonyl (C=O) groups excluding carboxylic acids is 1. The fourth-order valence-corrected chi connectivity index (χ4v) is 4.40. The number of rotatable bonds is 4. The van der Waals surface area contributed by atoms with Gasteiger partial charge in [-0.1, -0.05) is 48.9 Å². The number of nitrogens with zero attached hydrogens (tertiary/aromatic N) is 1. The second kappa shape index (κ2) is 6.84. The number of carbonyl (C=O) groups is 1. The van der Waals surface area contributed by atoms with Crippen LogP contribution in [0.1, 0.15) is 36.1 Å². The van der Waals surface area contributed by atoms with Crippen LogP contribution >= 0.6 is 0 Å². The van der Waals surface area contributed by atoms with Crippen LogP contribution in [0.4, 0.5) is 0 Å². The SMILES string of the molecule is CCc1ccc(C2CC(=O)C=CN2S(=O)(=O)c2ccc(C)cc2)cc1. The Morgan fingerprint density at radius 1 is 1.04 bits per heavy atom. The molecule has 0 aliphatic carbocycles. The Balaban J connectivity index is 2.02. The van der Waals surface area contributed by atoms with E-state index in [9.17, 15) is 13.2 Å². The van der Waals surface area contributed by atoms with Crippen LogP contribution in [0.15, 0.2) is 65.7 Å². The number of allylic oxidation sites excluding steroid dienone is 1. The maximum atomic E-state index is 13.1. The summed E-state index contributed by atoms with van der Waals surface area (Å²) in [6, 6.07) is 14.0. The second-order valence-corrected chi connectivity index (χ2v) is 8.09. The Morgan fingerprint density at radius 3 is 2.28 bits per heavy atom. The highest BCUT2D eigenvalue weighted by molar-refractivity contribution is 7.89. The quantitative estimate of drug-likeness (QED) is 0.839. The standard InChI is InChI=1S/C20H21NO3S/c1-3-16-6-8-17(9-7-16)20-14-18(22)12-13-21(20)25(23,24)19-10-4-15(2)5-11-19/h4-13,20H,3,14H2,1-2H3. The van der Waals surface area contributed by atoms with E-state index in [1.165, 1.54) is 22.1 Å². The first-order valence-electron chi connectivity index (χ1n) is 8.32. The molecule has 0 aromatic heterocycles. The smallest absolute Gasteiger partial charge is 0.264 e. The Kier molecular flexibility index (Phi) is 4.77. The minimum atomic E-state index is -3.72. The summed E-state index contributed by atoms with van der Waals surface area (Å²) in [6.45, 7) is 3.98. The predicted molar refractivity (Wildman–Crippen MR) is 97.5 cm³/mol. The molecule has 0 saturated carbocycles. The van der Waals surface area contributed by atoms with Gasteiger partial charge in [-0.2, -0.15) is 0 Å². The number of hydrogen-bond donors (Lipinski definition) is 0. The van der Waals surface area contributed by atoms with Crippen LogP contribution in [0, 0.1) is 6.92 Å². The van der Waals surface area contributed by atoms with Crippen LogP contribution in [0.5, 0.6) is 0 Å². The second-order valence-electron chi connectivity index (χ2n) is 6.25. The minimum Gasteiger partial charge on any atom is -0.295 e.